The van der Waals surface area contributed by atoms with Gasteiger partial charge in [0.1, 0.15) is 11.2 Å². The first kappa shape index (κ1) is 31.6. The maximum atomic E-state index is 6.61. The average molecular weight is 690 g/mol. The molecule has 2 nitrogen and oxygen atoms in total. The molecular formula is C52H35NO. The molecule has 0 amide bonds. The number of para-hydroxylation sites is 2. The van der Waals surface area contributed by atoms with Crippen LogP contribution in [-0.2, 0) is 0 Å². The van der Waals surface area contributed by atoms with Crippen molar-refractivity contribution in [3.8, 4) is 44.5 Å². The minimum absolute atomic E-state index is 0.893. The number of anilines is 3. The van der Waals surface area contributed by atoms with Gasteiger partial charge in [-0.25, -0.2) is 0 Å². The van der Waals surface area contributed by atoms with E-state index >= 15 is 0 Å². The lowest BCUT2D eigenvalue weighted by molar-refractivity contribution is 0.670. The molecule has 0 saturated heterocycles. The molecule has 1 aromatic heterocycles. The van der Waals surface area contributed by atoms with Crippen LogP contribution in [0.3, 0.4) is 0 Å². The molecule has 0 aliphatic carbocycles. The molecule has 0 spiro atoms. The van der Waals surface area contributed by atoms with Crippen molar-refractivity contribution in [2.24, 2.45) is 0 Å². The summed E-state index contributed by atoms with van der Waals surface area (Å²) in [5.74, 6) is 0. The van der Waals surface area contributed by atoms with E-state index in [2.05, 4.69) is 211 Å². The Morgan fingerprint density at radius 1 is 0.296 bits per heavy atom. The van der Waals surface area contributed by atoms with Crippen molar-refractivity contribution in [3.05, 3.63) is 212 Å². The van der Waals surface area contributed by atoms with Gasteiger partial charge in [-0.05, 0) is 86.8 Å². The fourth-order valence-electron chi connectivity index (χ4n) is 7.88. The molecule has 0 fully saturated rings. The summed E-state index contributed by atoms with van der Waals surface area (Å²) in [5, 5.41) is 4.63. The van der Waals surface area contributed by atoms with Crippen LogP contribution in [0.2, 0.25) is 0 Å². The first-order valence-electron chi connectivity index (χ1n) is 18.4. The van der Waals surface area contributed by atoms with Crippen molar-refractivity contribution >= 4 is 49.8 Å². The number of benzene rings is 9. The first-order chi connectivity index (χ1) is 26.8. The summed E-state index contributed by atoms with van der Waals surface area (Å²) < 4.78 is 6.61. The van der Waals surface area contributed by atoms with E-state index in [4.69, 9.17) is 4.42 Å². The molecule has 0 N–H and O–H groups in total. The second kappa shape index (κ2) is 13.4. The van der Waals surface area contributed by atoms with E-state index in [9.17, 15) is 0 Å². The fraction of sp³-hybridized carbons (Fsp3) is 0. The minimum atomic E-state index is 0.893. The molecule has 10 rings (SSSR count). The summed E-state index contributed by atoms with van der Waals surface area (Å²) in [7, 11) is 0. The van der Waals surface area contributed by atoms with Gasteiger partial charge in [0.05, 0.1) is 5.69 Å². The Morgan fingerprint density at radius 2 is 0.852 bits per heavy atom. The van der Waals surface area contributed by atoms with Gasteiger partial charge < -0.3 is 9.32 Å². The van der Waals surface area contributed by atoms with E-state index in [1.54, 1.807) is 0 Å². The highest BCUT2D eigenvalue weighted by molar-refractivity contribution is 6.10. The average Bonchev–Trinajstić information content (AvgIpc) is 3.64. The van der Waals surface area contributed by atoms with Crippen molar-refractivity contribution < 1.29 is 4.42 Å². The first-order valence-corrected chi connectivity index (χ1v) is 18.4. The highest BCUT2D eigenvalue weighted by atomic mass is 16.3. The van der Waals surface area contributed by atoms with Crippen molar-refractivity contribution in [1.29, 1.82) is 0 Å². The molecule has 1 heterocycles. The Hall–Kier alpha value is -7.16. The summed E-state index contributed by atoms with van der Waals surface area (Å²) in [6, 6.07) is 75.9. The van der Waals surface area contributed by atoms with Crippen LogP contribution in [0.1, 0.15) is 0 Å². The van der Waals surface area contributed by atoms with Gasteiger partial charge in [0.2, 0.25) is 0 Å². The van der Waals surface area contributed by atoms with Crippen molar-refractivity contribution in [1.82, 2.24) is 0 Å². The van der Waals surface area contributed by atoms with Crippen LogP contribution in [0.4, 0.5) is 17.1 Å². The Kier molecular flexibility index (Phi) is 7.85. The molecule has 0 unspecified atom stereocenters. The molecule has 0 aliphatic rings. The molecule has 10 aromatic rings. The smallest absolute Gasteiger partial charge is 0.143 e. The molecule has 2 heteroatoms. The molecular weight excluding hydrogens is 655 g/mol. The second-order valence-electron chi connectivity index (χ2n) is 13.7. The Balaban J connectivity index is 1.24. The van der Waals surface area contributed by atoms with Gasteiger partial charge in [-0.2, -0.15) is 0 Å². The predicted molar refractivity (Wildman–Crippen MR) is 228 cm³/mol. The summed E-state index contributed by atoms with van der Waals surface area (Å²) in [5.41, 5.74) is 14.3. The van der Waals surface area contributed by atoms with Gasteiger partial charge in [0.25, 0.3) is 0 Å². The lowest BCUT2D eigenvalue weighted by Gasteiger charge is -2.29. The third kappa shape index (κ3) is 5.62. The van der Waals surface area contributed by atoms with Gasteiger partial charge in [0.15, 0.2) is 0 Å². The number of hydrogen-bond acceptors (Lipinski definition) is 2. The van der Waals surface area contributed by atoms with Crippen molar-refractivity contribution in [2.75, 3.05) is 4.90 Å². The number of nitrogens with zero attached hydrogens (tertiary/aromatic N) is 1. The quantitative estimate of drug-likeness (QED) is 0.166. The van der Waals surface area contributed by atoms with E-state index < -0.39 is 0 Å². The van der Waals surface area contributed by atoms with E-state index in [1.807, 2.05) is 6.07 Å². The molecule has 54 heavy (non-hydrogen) atoms. The topological polar surface area (TPSA) is 16.4 Å². The van der Waals surface area contributed by atoms with Crippen LogP contribution in [0.5, 0.6) is 0 Å². The Labute approximate surface area is 314 Å². The molecule has 254 valence electrons. The zero-order chi connectivity index (χ0) is 35.8. The molecule has 0 atom stereocenters. The third-order valence-electron chi connectivity index (χ3n) is 10.5. The van der Waals surface area contributed by atoms with E-state index in [0.29, 0.717) is 0 Å². The van der Waals surface area contributed by atoms with Gasteiger partial charge in [-0.3, -0.25) is 0 Å². The molecule has 0 bridgehead atoms. The van der Waals surface area contributed by atoms with Crippen LogP contribution >= 0.6 is 0 Å². The summed E-state index contributed by atoms with van der Waals surface area (Å²) in [4.78, 5) is 2.42. The largest absolute Gasteiger partial charge is 0.455 e. The van der Waals surface area contributed by atoms with Gasteiger partial charge in [0, 0.05) is 33.1 Å². The molecule has 9 aromatic carbocycles. The summed E-state index contributed by atoms with van der Waals surface area (Å²) in [6.45, 7) is 0. The SMILES string of the molecule is c1ccc(-c2ccc(N(c3cc(-c4ccccc4)cc(-c4cccc5c4oc4ccccc45)c3)c3ccc(-c4ccccc4)c4ccccc34)cc2)cc1. The summed E-state index contributed by atoms with van der Waals surface area (Å²) in [6.07, 6.45) is 0. The number of furan rings is 1. The van der Waals surface area contributed by atoms with Crippen LogP contribution in [0.15, 0.2) is 217 Å². The Morgan fingerprint density at radius 3 is 1.57 bits per heavy atom. The third-order valence-corrected chi connectivity index (χ3v) is 10.5. The second-order valence-corrected chi connectivity index (χ2v) is 13.7. The van der Waals surface area contributed by atoms with E-state index in [-0.39, 0.29) is 0 Å². The zero-order valence-electron chi connectivity index (χ0n) is 29.6. The normalized spacial score (nSPS) is 11.3. The van der Waals surface area contributed by atoms with Crippen molar-refractivity contribution in [3.63, 3.8) is 0 Å². The van der Waals surface area contributed by atoms with Gasteiger partial charge in [-0.15, -0.1) is 0 Å². The van der Waals surface area contributed by atoms with Crippen molar-refractivity contribution in [2.45, 2.75) is 0 Å². The lowest BCUT2D eigenvalue weighted by Crippen LogP contribution is -2.11. The number of rotatable bonds is 7. The van der Waals surface area contributed by atoms with Crippen LogP contribution in [0.25, 0.3) is 77.2 Å². The van der Waals surface area contributed by atoms with Gasteiger partial charge in [-0.1, -0.05) is 170 Å². The minimum Gasteiger partial charge on any atom is -0.455 e. The van der Waals surface area contributed by atoms with Gasteiger partial charge >= 0.3 is 0 Å². The van der Waals surface area contributed by atoms with E-state index in [0.717, 1.165) is 61.3 Å². The van der Waals surface area contributed by atoms with E-state index in [1.165, 1.54) is 33.0 Å². The lowest BCUT2D eigenvalue weighted by atomic mass is 9.94. The number of hydrogen-bond donors (Lipinski definition) is 0. The predicted octanol–water partition coefficient (Wildman–Crippen LogP) is 14.9. The maximum Gasteiger partial charge on any atom is 0.143 e. The van der Waals surface area contributed by atoms with Crippen LogP contribution < -0.4 is 4.90 Å². The maximum absolute atomic E-state index is 6.61. The highest BCUT2D eigenvalue weighted by Gasteiger charge is 2.21. The fourth-order valence-corrected chi connectivity index (χ4v) is 7.88. The Bertz CT molecular complexity index is 2910. The monoisotopic (exact) mass is 689 g/mol. The van der Waals surface area contributed by atoms with Crippen LogP contribution in [-0.4, -0.2) is 0 Å². The number of fused-ring (bicyclic) bond motifs is 4. The molecule has 0 aliphatic heterocycles. The summed E-state index contributed by atoms with van der Waals surface area (Å²) >= 11 is 0. The van der Waals surface area contributed by atoms with Crippen LogP contribution in [0, 0.1) is 0 Å². The molecule has 0 radical (unpaired) electrons. The zero-order valence-corrected chi connectivity index (χ0v) is 29.6. The molecule has 0 saturated carbocycles. The highest BCUT2D eigenvalue weighted by Crippen LogP contribution is 2.45. The standard InChI is InChI=1S/C52H35NO/c1-4-15-36(16-5-1)38-27-29-42(30-28-38)53(50-32-31-44(39-19-8-3-9-20-39)46-21-10-11-22-47(46)50)43-34-40(37-17-6-2-7-18-37)33-41(35-43)45-24-14-25-49-48-23-12-13-26-51(48)54-52(45)49/h1-35H.